The maximum Gasteiger partial charge on any atom is 0.305 e. The highest BCUT2D eigenvalue weighted by Gasteiger charge is 2.25. The van der Waals surface area contributed by atoms with E-state index in [0.717, 1.165) is 11.4 Å². The number of hydrogen-bond acceptors (Lipinski definition) is 3. The number of hydrogen-bond donors (Lipinski definition) is 1. The van der Waals surface area contributed by atoms with Crippen molar-refractivity contribution in [2.45, 2.75) is 12.5 Å². The molecular weight excluding hydrogens is 194 g/mol. The number of likely N-dealkylation sites (N-methyl/N-ethyl adjacent to an activating group) is 1. The third-order valence-corrected chi connectivity index (χ3v) is 2.63. The van der Waals surface area contributed by atoms with Gasteiger partial charge in [0.25, 0.3) is 0 Å². The summed E-state index contributed by atoms with van der Waals surface area (Å²) in [5, 5.41) is 8.75. The summed E-state index contributed by atoms with van der Waals surface area (Å²) in [5.74, 6) is 0.0245. The van der Waals surface area contributed by atoms with Crippen LogP contribution in [0.15, 0.2) is 24.3 Å². The van der Waals surface area contributed by atoms with Crippen LogP contribution >= 0.6 is 0 Å². The fourth-order valence-electron chi connectivity index (χ4n) is 1.76. The van der Waals surface area contributed by atoms with Crippen molar-refractivity contribution in [3.8, 4) is 5.75 Å². The van der Waals surface area contributed by atoms with Gasteiger partial charge in [0.2, 0.25) is 0 Å². The second kappa shape index (κ2) is 3.81. The van der Waals surface area contributed by atoms with Crippen molar-refractivity contribution in [1.29, 1.82) is 0 Å². The molecule has 4 nitrogen and oxygen atoms in total. The predicted molar refractivity (Wildman–Crippen MR) is 56.4 cm³/mol. The average molecular weight is 207 g/mol. The minimum atomic E-state index is -0.796. The van der Waals surface area contributed by atoms with Gasteiger partial charge in [0, 0.05) is 7.05 Å². The molecule has 1 aliphatic heterocycles. The molecule has 15 heavy (non-hydrogen) atoms. The van der Waals surface area contributed by atoms with Crippen molar-refractivity contribution in [1.82, 2.24) is 0 Å². The first-order chi connectivity index (χ1) is 7.18. The molecule has 0 bridgehead atoms. The second-order valence-electron chi connectivity index (χ2n) is 3.64. The van der Waals surface area contributed by atoms with Crippen molar-refractivity contribution >= 4 is 11.7 Å². The first-order valence-electron chi connectivity index (χ1n) is 4.85. The predicted octanol–water partition coefficient (Wildman–Crippen LogP) is 1.36. The Bertz CT molecular complexity index is 378. The number of carboxylic acid groups (broad SMARTS) is 1. The molecule has 1 aromatic rings. The van der Waals surface area contributed by atoms with Gasteiger partial charge >= 0.3 is 5.97 Å². The van der Waals surface area contributed by atoms with E-state index in [9.17, 15) is 4.79 Å². The van der Waals surface area contributed by atoms with Crippen molar-refractivity contribution in [2.75, 3.05) is 18.6 Å². The Hall–Kier alpha value is -1.71. The zero-order valence-electron chi connectivity index (χ0n) is 8.51. The number of carbonyl (C=O) groups is 1. The number of rotatable bonds is 2. The summed E-state index contributed by atoms with van der Waals surface area (Å²) in [7, 11) is 1.90. The van der Waals surface area contributed by atoms with Gasteiger partial charge in [-0.05, 0) is 12.1 Å². The summed E-state index contributed by atoms with van der Waals surface area (Å²) in [4.78, 5) is 12.6. The number of carboxylic acids is 1. The van der Waals surface area contributed by atoms with E-state index in [-0.39, 0.29) is 12.5 Å². The molecule has 2 rings (SSSR count). The van der Waals surface area contributed by atoms with Gasteiger partial charge in [-0.3, -0.25) is 4.79 Å². The summed E-state index contributed by atoms with van der Waals surface area (Å²) in [5.41, 5.74) is 0.954. The summed E-state index contributed by atoms with van der Waals surface area (Å²) < 4.78 is 5.50. The molecule has 0 aromatic heterocycles. The van der Waals surface area contributed by atoms with Gasteiger partial charge in [0.1, 0.15) is 12.4 Å². The SMILES string of the molecule is CN1c2ccccc2OC[C@@H]1CC(=O)O. The minimum absolute atomic E-state index is 0.0857. The maximum atomic E-state index is 10.6. The lowest BCUT2D eigenvalue weighted by molar-refractivity contribution is -0.137. The summed E-state index contributed by atoms with van der Waals surface area (Å²) in [6.45, 7) is 0.430. The molecule has 0 unspecified atom stereocenters. The summed E-state index contributed by atoms with van der Waals surface area (Å²) >= 11 is 0. The summed E-state index contributed by atoms with van der Waals surface area (Å²) in [6.07, 6.45) is 0.102. The third-order valence-electron chi connectivity index (χ3n) is 2.63. The van der Waals surface area contributed by atoms with Gasteiger partial charge in [-0.1, -0.05) is 12.1 Å². The molecule has 80 valence electrons. The summed E-state index contributed by atoms with van der Waals surface area (Å²) in [6, 6.07) is 7.57. The van der Waals surface area contributed by atoms with Crippen LogP contribution < -0.4 is 9.64 Å². The number of ether oxygens (including phenoxy) is 1. The molecule has 0 saturated carbocycles. The molecular formula is C11H13NO3. The Labute approximate surface area is 88.1 Å². The van der Waals surface area contributed by atoms with E-state index in [1.807, 2.05) is 36.2 Å². The Morgan fingerprint density at radius 2 is 2.33 bits per heavy atom. The lowest BCUT2D eigenvalue weighted by Crippen LogP contribution is -2.41. The number of anilines is 1. The minimum Gasteiger partial charge on any atom is -0.489 e. The van der Waals surface area contributed by atoms with E-state index in [4.69, 9.17) is 9.84 Å². The quantitative estimate of drug-likeness (QED) is 0.795. The highest BCUT2D eigenvalue weighted by Crippen LogP contribution is 2.32. The van der Waals surface area contributed by atoms with Crippen LogP contribution in [0.1, 0.15) is 6.42 Å². The van der Waals surface area contributed by atoms with Crippen LogP contribution in [0.3, 0.4) is 0 Å². The van der Waals surface area contributed by atoms with Crippen LogP contribution in [-0.2, 0) is 4.79 Å². The molecule has 1 aliphatic rings. The number of aliphatic carboxylic acids is 1. The molecule has 1 N–H and O–H groups in total. The molecule has 4 heteroatoms. The Kier molecular flexibility index (Phi) is 2.49. The van der Waals surface area contributed by atoms with E-state index >= 15 is 0 Å². The Balaban J connectivity index is 2.22. The van der Waals surface area contributed by atoms with Gasteiger partial charge < -0.3 is 14.7 Å². The fraction of sp³-hybridized carbons (Fsp3) is 0.364. The van der Waals surface area contributed by atoms with Gasteiger partial charge in [-0.2, -0.15) is 0 Å². The zero-order chi connectivity index (χ0) is 10.8. The van der Waals surface area contributed by atoms with Gasteiger partial charge in [-0.15, -0.1) is 0 Å². The van der Waals surface area contributed by atoms with Gasteiger partial charge in [-0.25, -0.2) is 0 Å². The Morgan fingerprint density at radius 3 is 3.07 bits per heavy atom. The topological polar surface area (TPSA) is 49.8 Å². The lowest BCUT2D eigenvalue weighted by Gasteiger charge is -2.34. The van der Waals surface area contributed by atoms with E-state index in [2.05, 4.69) is 0 Å². The molecule has 0 spiro atoms. The third kappa shape index (κ3) is 1.88. The number of benzene rings is 1. The van der Waals surface area contributed by atoms with E-state index in [1.165, 1.54) is 0 Å². The van der Waals surface area contributed by atoms with E-state index in [0.29, 0.717) is 6.61 Å². The number of para-hydroxylation sites is 2. The maximum absolute atomic E-state index is 10.6. The monoisotopic (exact) mass is 207 g/mol. The van der Waals surface area contributed by atoms with Crippen molar-refractivity contribution in [3.63, 3.8) is 0 Å². The van der Waals surface area contributed by atoms with Crippen LogP contribution in [0.25, 0.3) is 0 Å². The zero-order valence-corrected chi connectivity index (χ0v) is 8.51. The van der Waals surface area contributed by atoms with Crippen LogP contribution in [-0.4, -0.2) is 30.8 Å². The second-order valence-corrected chi connectivity index (χ2v) is 3.64. The average Bonchev–Trinajstić information content (AvgIpc) is 2.22. The van der Waals surface area contributed by atoms with Crippen LogP contribution in [0.4, 0.5) is 5.69 Å². The highest BCUT2D eigenvalue weighted by atomic mass is 16.5. The molecule has 0 fully saturated rings. The molecule has 0 saturated heterocycles. The standard InChI is InChI=1S/C11H13NO3/c1-12-8(6-11(13)14)7-15-10-5-3-2-4-9(10)12/h2-5,8H,6-7H2,1H3,(H,13,14)/t8-/m0/s1. The van der Waals surface area contributed by atoms with Crippen molar-refractivity contribution in [2.24, 2.45) is 0 Å². The first-order valence-corrected chi connectivity index (χ1v) is 4.85. The first kappa shape index (κ1) is 9.83. The normalized spacial score (nSPS) is 19.3. The van der Waals surface area contributed by atoms with Gasteiger partial charge in [0.05, 0.1) is 18.2 Å². The van der Waals surface area contributed by atoms with Crippen molar-refractivity contribution < 1.29 is 14.6 Å². The van der Waals surface area contributed by atoms with Crippen LogP contribution in [0.5, 0.6) is 5.75 Å². The van der Waals surface area contributed by atoms with E-state index in [1.54, 1.807) is 0 Å². The highest BCUT2D eigenvalue weighted by molar-refractivity contribution is 5.70. The molecule has 1 heterocycles. The van der Waals surface area contributed by atoms with Crippen LogP contribution in [0, 0.1) is 0 Å². The largest absolute Gasteiger partial charge is 0.489 e. The molecule has 1 aromatic carbocycles. The molecule has 1 atom stereocenters. The van der Waals surface area contributed by atoms with Gasteiger partial charge in [0.15, 0.2) is 0 Å². The number of fused-ring (bicyclic) bond motifs is 1. The fourth-order valence-corrected chi connectivity index (χ4v) is 1.76. The molecule has 0 amide bonds. The lowest BCUT2D eigenvalue weighted by atomic mass is 10.1. The van der Waals surface area contributed by atoms with E-state index < -0.39 is 5.97 Å². The number of nitrogens with zero attached hydrogens (tertiary/aromatic N) is 1. The van der Waals surface area contributed by atoms with Crippen LogP contribution in [0.2, 0.25) is 0 Å². The Morgan fingerprint density at radius 1 is 1.60 bits per heavy atom. The smallest absolute Gasteiger partial charge is 0.305 e. The molecule has 0 aliphatic carbocycles. The molecule has 0 radical (unpaired) electrons. The van der Waals surface area contributed by atoms with Crippen molar-refractivity contribution in [3.05, 3.63) is 24.3 Å².